The Morgan fingerprint density at radius 2 is 1.67 bits per heavy atom. The number of aliphatic hydroxyl groups excluding tert-OH is 1. The van der Waals surface area contributed by atoms with Gasteiger partial charge in [-0.1, -0.05) is 71.9 Å². The molecular weight excluding hydrogens is 688 g/mol. The maximum Gasteiger partial charge on any atom is 0.410 e. The average molecular weight is 755 g/mol. The third-order valence-corrected chi connectivity index (χ3v) is 8.98. The van der Waals surface area contributed by atoms with Gasteiger partial charge in [-0.3, -0.25) is 14.5 Å². The van der Waals surface area contributed by atoms with Crippen molar-refractivity contribution in [3.05, 3.63) is 53.7 Å². The Morgan fingerprint density at radius 3 is 2.28 bits per heavy atom. The number of hydrogen-bond acceptors (Lipinski definition) is 9. The molecule has 12 nitrogen and oxygen atoms in total. The highest BCUT2D eigenvalue weighted by molar-refractivity contribution is 5.96. The number of aliphatic hydroxyl groups is 1. The number of nitrogens with zero attached hydrogens (tertiary/aromatic N) is 3. The van der Waals surface area contributed by atoms with Crippen LogP contribution in [-0.2, 0) is 30.4 Å². The molecule has 12 heteroatoms. The van der Waals surface area contributed by atoms with Crippen LogP contribution in [0, 0.1) is 23.7 Å². The third-order valence-electron chi connectivity index (χ3n) is 8.98. The van der Waals surface area contributed by atoms with Crippen molar-refractivity contribution in [2.45, 2.75) is 112 Å². The van der Waals surface area contributed by atoms with Crippen LogP contribution >= 0.6 is 0 Å². The normalized spacial score (nSPS) is 18.2. The number of aromatic nitrogens is 1. The van der Waals surface area contributed by atoms with E-state index in [4.69, 9.17) is 23.9 Å². The van der Waals surface area contributed by atoms with Crippen LogP contribution in [0.15, 0.2) is 42.6 Å². The zero-order chi connectivity index (χ0) is 40.0. The molecule has 2 heterocycles. The average Bonchev–Trinajstić information content (AvgIpc) is 3.10. The molecule has 0 bridgehead atoms. The van der Waals surface area contributed by atoms with Crippen molar-refractivity contribution in [1.29, 1.82) is 0 Å². The van der Waals surface area contributed by atoms with E-state index < -0.39 is 41.4 Å². The molecule has 3 amide bonds. The summed E-state index contributed by atoms with van der Waals surface area (Å²) >= 11 is 0. The summed E-state index contributed by atoms with van der Waals surface area (Å²) in [5.74, 6) is -1.71. The number of benzene rings is 1. The number of ether oxygens (including phenoxy) is 4. The fourth-order valence-electron chi connectivity index (χ4n) is 6.40. The molecule has 1 aromatic carbocycles. The van der Waals surface area contributed by atoms with E-state index in [2.05, 4.69) is 33.0 Å². The number of likely N-dealkylation sites (tertiary alicyclic amines) is 1. The summed E-state index contributed by atoms with van der Waals surface area (Å²) in [7, 11) is 0. The van der Waals surface area contributed by atoms with Crippen molar-refractivity contribution in [3.63, 3.8) is 0 Å². The van der Waals surface area contributed by atoms with E-state index >= 15 is 0 Å². The molecule has 302 valence electrons. The molecule has 0 saturated carbocycles. The van der Waals surface area contributed by atoms with Crippen molar-refractivity contribution in [2.75, 3.05) is 51.0 Å². The van der Waals surface area contributed by atoms with Crippen molar-refractivity contribution in [1.82, 2.24) is 15.2 Å². The fourth-order valence-corrected chi connectivity index (χ4v) is 6.40. The van der Waals surface area contributed by atoms with Crippen LogP contribution < -0.4 is 15.0 Å². The van der Waals surface area contributed by atoms with E-state index in [0.717, 1.165) is 11.1 Å². The molecule has 1 aliphatic rings. The summed E-state index contributed by atoms with van der Waals surface area (Å²) in [6, 6.07) is 11.5. The van der Waals surface area contributed by atoms with Gasteiger partial charge in [0.05, 0.1) is 50.4 Å². The maximum absolute atomic E-state index is 14.7. The summed E-state index contributed by atoms with van der Waals surface area (Å²) in [5, 5.41) is 14.9. The molecule has 0 spiro atoms. The van der Waals surface area contributed by atoms with Crippen LogP contribution in [0.3, 0.4) is 0 Å². The lowest BCUT2D eigenvalue weighted by atomic mass is 9.84. The molecular formula is C42H66N4O8. The Morgan fingerprint density at radius 1 is 0.981 bits per heavy atom. The Hall–Kier alpha value is -3.74. The number of pyridine rings is 1. The van der Waals surface area contributed by atoms with Gasteiger partial charge in [-0.2, -0.15) is 0 Å². The van der Waals surface area contributed by atoms with Gasteiger partial charge in [0.15, 0.2) is 0 Å². The SMILES string of the molecule is CCOC[C@@H](CC(C)C)NC(=O)[C@@H]1CN(C(=O)OC(C)(C)C)C[C@H](C(=O)N(CC(C)C)c2cc(OCCCOCc3ccccc3)c(C(C)C)cn2)[C@@H]1O. The number of piperidine rings is 1. The number of hydrogen-bond donors (Lipinski definition) is 2. The Bertz CT molecular complexity index is 1460. The zero-order valence-electron chi connectivity index (χ0n) is 34.3. The second kappa shape index (κ2) is 21.4. The summed E-state index contributed by atoms with van der Waals surface area (Å²) in [4.78, 5) is 49.7. The topological polar surface area (TPSA) is 140 Å². The van der Waals surface area contributed by atoms with Gasteiger partial charge >= 0.3 is 6.09 Å². The molecule has 1 saturated heterocycles. The van der Waals surface area contributed by atoms with Crippen molar-refractivity contribution >= 4 is 23.7 Å². The van der Waals surface area contributed by atoms with Gasteiger partial charge in [-0.05, 0) is 57.4 Å². The molecule has 2 aromatic rings. The van der Waals surface area contributed by atoms with Crippen molar-refractivity contribution < 1.29 is 38.4 Å². The van der Waals surface area contributed by atoms with Crippen LogP contribution in [-0.4, -0.2) is 96.7 Å². The van der Waals surface area contributed by atoms with Crippen molar-refractivity contribution in [3.8, 4) is 5.75 Å². The lowest BCUT2D eigenvalue weighted by Crippen LogP contribution is -2.61. The molecule has 1 aromatic heterocycles. The standard InChI is InChI=1S/C42H66N4O8/c1-11-51-27-32(20-28(2)3)44-39(48)34-24-45(41(50)54-42(8,9)10)25-35(38(34)47)40(49)46(23-29(4)5)37-21-36(33(22-43-37)30(6)7)53-19-15-18-52-26-31-16-13-12-14-17-31/h12-14,16-17,21-22,28-30,32,34-35,38,47H,11,15,18-20,23-27H2,1-10H3,(H,44,48)/t32-,34-,35+,38-/m1/s1. The predicted molar refractivity (Wildman–Crippen MR) is 210 cm³/mol. The van der Waals surface area contributed by atoms with Gasteiger partial charge < -0.3 is 34.3 Å². The van der Waals surface area contributed by atoms with Crippen LogP contribution in [0.2, 0.25) is 0 Å². The largest absolute Gasteiger partial charge is 0.493 e. The third kappa shape index (κ3) is 14.2. The number of carbonyl (C=O) groups excluding carboxylic acids is 3. The molecule has 54 heavy (non-hydrogen) atoms. The second-order valence-electron chi connectivity index (χ2n) is 16.4. The van der Waals surface area contributed by atoms with Gasteiger partial charge in [0.2, 0.25) is 11.8 Å². The van der Waals surface area contributed by atoms with Gasteiger partial charge in [-0.15, -0.1) is 0 Å². The fraction of sp³-hybridized carbons (Fsp3) is 0.667. The second-order valence-corrected chi connectivity index (χ2v) is 16.4. The quantitative estimate of drug-likeness (QED) is 0.152. The molecule has 0 aliphatic carbocycles. The minimum atomic E-state index is -1.38. The van der Waals surface area contributed by atoms with E-state index in [9.17, 15) is 19.5 Å². The maximum atomic E-state index is 14.7. The Balaban J connectivity index is 1.89. The molecule has 2 N–H and O–H groups in total. The lowest BCUT2D eigenvalue weighted by molar-refractivity contribution is -0.141. The Kier molecular flexibility index (Phi) is 17.7. The van der Waals surface area contributed by atoms with Crippen LogP contribution in [0.5, 0.6) is 5.75 Å². The first-order chi connectivity index (χ1) is 25.5. The summed E-state index contributed by atoms with van der Waals surface area (Å²) in [6.07, 6.45) is 1.03. The number of amides is 3. The molecule has 0 unspecified atom stereocenters. The highest BCUT2D eigenvalue weighted by Gasteiger charge is 2.47. The highest BCUT2D eigenvalue weighted by Crippen LogP contribution is 2.33. The monoisotopic (exact) mass is 754 g/mol. The summed E-state index contributed by atoms with van der Waals surface area (Å²) in [5.41, 5.74) is 1.20. The molecule has 1 fully saturated rings. The highest BCUT2D eigenvalue weighted by atomic mass is 16.6. The first kappa shape index (κ1) is 44.7. The van der Waals surface area contributed by atoms with Gasteiger partial charge in [0, 0.05) is 50.5 Å². The lowest BCUT2D eigenvalue weighted by Gasteiger charge is -2.42. The van der Waals surface area contributed by atoms with Gasteiger partial charge in [0.25, 0.3) is 0 Å². The summed E-state index contributed by atoms with van der Waals surface area (Å²) in [6.45, 7) is 21.7. The molecule has 1 aliphatic heterocycles. The number of anilines is 1. The number of rotatable bonds is 19. The van der Waals surface area contributed by atoms with E-state index in [1.54, 1.807) is 37.9 Å². The molecule has 4 atom stereocenters. The number of nitrogens with one attached hydrogen (secondary N) is 1. The summed E-state index contributed by atoms with van der Waals surface area (Å²) < 4.78 is 23.5. The van der Waals surface area contributed by atoms with Crippen LogP contribution in [0.4, 0.5) is 10.6 Å². The van der Waals surface area contributed by atoms with E-state index in [1.165, 1.54) is 4.90 Å². The number of carbonyl (C=O) groups is 3. The minimum Gasteiger partial charge on any atom is -0.493 e. The molecule has 0 radical (unpaired) electrons. The smallest absolute Gasteiger partial charge is 0.410 e. The van der Waals surface area contributed by atoms with E-state index in [0.29, 0.717) is 57.4 Å². The first-order valence-electron chi connectivity index (χ1n) is 19.6. The van der Waals surface area contributed by atoms with Crippen LogP contribution in [0.25, 0.3) is 0 Å². The molecule has 3 rings (SSSR count). The first-order valence-corrected chi connectivity index (χ1v) is 19.6. The predicted octanol–water partition coefficient (Wildman–Crippen LogP) is 6.59. The van der Waals surface area contributed by atoms with Gasteiger partial charge in [0.1, 0.15) is 17.2 Å². The Labute approximate surface area is 323 Å². The van der Waals surface area contributed by atoms with E-state index in [1.807, 2.05) is 51.1 Å². The van der Waals surface area contributed by atoms with Crippen LogP contribution in [0.1, 0.15) is 99.1 Å². The minimum absolute atomic E-state index is 0.0313. The van der Waals surface area contributed by atoms with E-state index in [-0.39, 0.29) is 43.4 Å². The zero-order valence-corrected chi connectivity index (χ0v) is 34.3. The van der Waals surface area contributed by atoms with Crippen molar-refractivity contribution in [2.24, 2.45) is 23.7 Å². The van der Waals surface area contributed by atoms with Gasteiger partial charge in [-0.25, -0.2) is 9.78 Å².